The highest BCUT2D eigenvalue weighted by Gasteiger charge is 2.22. The first-order valence-electron chi connectivity index (χ1n) is 6.14. The number of hydrogen-bond donors (Lipinski definition) is 3. The van der Waals surface area contributed by atoms with E-state index in [0.29, 0.717) is 13.0 Å². The number of carboxylic acids is 1. The minimum atomic E-state index is -0.934. The van der Waals surface area contributed by atoms with Crippen LogP contribution in [0.3, 0.4) is 0 Å². The molecule has 1 atom stereocenters. The van der Waals surface area contributed by atoms with Crippen molar-refractivity contribution in [3.8, 4) is 5.75 Å². The predicted octanol–water partition coefficient (Wildman–Crippen LogP) is 1.28. The molecule has 1 aromatic carbocycles. The number of nitrogens with one attached hydrogen (secondary N) is 2. The summed E-state index contributed by atoms with van der Waals surface area (Å²) in [4.78, 5) is 22.0. The second-order valence-corrected chi connectivity index (χ2v) is 4.27. The molecule has 1 heterocycles. The predicted molar refractivity (Wildman–Crippen MR) is 68.1 cm³/mol. The molecule has 1 aliphatic rings. The number of para-hydroxylation sites is 1. The monoisotopic (exact) mass is 264 g/mol. The van der Waals surface area contributed by atoms with Gasteiger partial charge in [0.1, 0.15) is 5.75 Å². The maximum Gasteiger partial charge on any atom is 0.315 e. The van der Waals surface area contributed by atoms with Gasteiger partial charge in [-0.25, -0.2) is 4.79 Å². The summed E-state index contributed by atoms with van der Waals surface area (Å²) in [6.45, 7) is 0.670. The Morgan fingerprint density at radius 3 is 2.95 bits per heavy atom. The SMILES string of the molecule is O=C(O)CCNC(=O)NC1CCOc2ccccc21. The van der Waals surface area contributed by atoms with Crippen molar-refractivity contribution in [2.24, 2.45) is 0 Å². The fourth-order valence-electron chi connectivity index (χ4n) is 1.98. The van der Waals surface area contributed by atoms with Crippen LogP contribution >= 0.6 is 0 Å². The molecule has 0 aromatic heterocycles. The van der Waals surface area contributed by atoms with E-state index in [1.807, 2.05) is 24.3 Å². The number of carbonyl (C=O) groups is 2. The molecule has 0 saturated carbocycles. The van der Waals surface area contributed by atoms with Crippen LogP contribution in [0.25, 0.3) is 0 Å². The fourth-order valence-corrected chi connectivity index (χ4v) is 1.98. The Bertz CT molecular complexity index is 475. The van der Waals surface area contributed by atoms with E-state index in [1.54, 1.807) is 0 Å². The third-order valence-corrected chi connectivity index (χ3v) is 2.89. The highest BCUT2D eigenvalue weighted by Crippen LogP contribution is 2.31. The summed E-state index contributed by atoms with van der Waals surface area (Å²) in [7, 11) is 0. The molecule has 1 unspecified atom stereocenters. The van der Waals surface area contributed by atoms with Crippen LogP contribution < -0.4 is 15.4 Å². The van der Waals surface area contributed by atoms with Gasteiger partial charge < -0.3 is 20.5 Å². The molecule has 6 heteroatoms. The first-order chi connectivity index (χ1) is 9.16. The molecule has 0 aliphatic carbocycles. The zero-order valence-corrected chi connectivity index (χ0v) is 10.4. The molecule has 6 nitrogen and oxygen atoms in total. The lowest BCUT2D eigenvalue weighted by Crippen LogP contribution is -2.40. The Morgan fingerprint density at radius 2 is 2.16 bits per heavy atom. The van der Waals surface area contributed by atoms with Gasteiger partial charge >= 0.3 is 12.0 Å². The molecule has 0 fully saturated rings. The second kappa shape index (κ2) is 6.08. The summed E-state index contributed by atoms with van der Waals surface area (Å²) in [6.07, 6.45) is 0.612. The maximum atomic E-state index is 11.6. The van der Waals surface area contributed by atoms with E-state index in [0.717, 1.165) is 11.3 Å². The molecule has 3 N–H and O–H groups in total. The Morgan fingerprint density at radius 1 is 1.37 bits per heavy atom. The number of benzene rings is 1. The van der Waals surface area contributed by atoms with Gasteiger partial charge in [0.2, 0.25) is 0 Å². The quantitative estimate of drug-likeness (QED) is 0.764. The number of carbonyl (C=O) groups excluding carboxylic acids is 1. The molecule has 2 amide bonds. The van der Waals surface area contributed by atoms with Crippen molar-refractivity contribution in [3.63, 3.8) is 0 Å². The van der Waals surface area contributed by atoms with Gasteiger partial charge in [-0.15, -0.1) is 0 Å². The highest BCUT2D eigenvalue weighted by molar-refractivity contribution is 5.75. The van der Waals surface area contributed by atoms with E-state index in [-0.39, 0.29) is 25.0 Å². The molecule has 1 aliphatic heterocycles. The van der Waals surface area contributed by atoms with Gasteiger partial charge in [0.25, 0.3) is 0 Å². The van der Waals surface area contributed by atoms with Crippen LogP contribution in [-0.2, 0) is 4.79 Å². The molecule has 19 heavy (non-hydrogen) atoms. The van der Waals surface area contributed by atoms with E-state index in [1.165, 1.54) is 0 Å². The van der Waals surface area contributed by atoms with Crippen molar-refractivity contribution in [2.75, 3.05) is 13.2 Å². The van der Waals surface area contributed by atoms with E-state index >= 15 is 0 Å². The van der Waals surface area contributed by atoms with Gasteiger partial charge in [-0.05, 0) is 6.07 Å². The van der Waals surface area contributed by atoms with Gasteiger partial charge in [0, 0.05) is 18.5 Å². The van der Waals surface area contributed by atoms with Crippen LogP contribution in [0.15, 0.2) is 24.3 Å². The minimum Gasteiger partial charge on any atom is -0.493 e. The molecule has 0 spiro atoms. The Hall–Kier alpha value is -2.24. The van der Waals surface area contributed by atoms with Crippen molar-refractivity contribution in [1.82, 2.24) is 10.6 Å². The molecule has 0 radical (unpaired) electrons. The van der Waals surface area contributed by atoms with Crippen LogP contribution in [0, 0.1) is 0 Å². The summed E-state index contributed by atoms with van der Waals surface area (Å²) >= 11 is 0. The average Bonchev–Trinajstić information content (AvgIpc) is 2.39. The number of carboxylic acid groups (broad SMARTS) is 1. The lowest BCUT2D eigenvalue weighted by atomic mass is 10.0. The lowest BCUT2D eigenvalue weighted by molar-refractivity contribution is -0.136. The van der Waals surface area contributed by atoms with Crippen LogP contribution in [0.5, 0.6) is 5.75 Å². The van der Waals surface area contributed by atoms with Crippen LogP contribution in [-0.4, -0.2) is 30.3 Å². The zero-order chi connectivity index (χ0) is 13.7. The maximum absolute atomic E-state index is 11.6. The molecular formula is C13H16N2O4. The molecule has 0 bridgehead atoms. The van der Waals surface area contributed by atoms with E-state index in [2.05, 4.69) is 10.6 Å². The van der Waals surface area contributed by atoms with Gasteiger partial charge in [-0.2, -0.15) is 0 Å². The van der Waals surface area contributed by atoms with Crippen molar-refractivity contribution in [1.29, 1.82) is 0 Å². The lowest BCUT2D eigenvalue weighted by Gasteiger charge is -2.26. The van der Waals surface area contributed by atoms with E-state index in [4.69, 9.17) is 9.84 Å². The van der Waals surface area contributed by atoms with Crippen molar-refractivity contribution < 1.29 is 19.4 Å². The number of ether oxygens (including phenoxy) is 1. The van der Waals surface area contributed by atoms with Crippen LogP contribution in [0.2, 0.25) is 0 Å². The van der Waals surface area contributed by atoms with Crippen LogP contribution in [0.1, 0.15) is 24.4 Å². The third-order valence-electron chi connectivity index (χ3n) is 2.89. The molecule has 102 valence electrons. The largest absolute Gasteiger partial charge is 0.493 e. The standard InChI is InChI=1S/C13H16N2O4/c16-12(17)5-7-14-13(18)15-10-6-8-19-11-4-2-1-3-9(10)11/h1-4,10H,5-8H2,(H,16,17)(H2,14,15,18). The third kappa shape index (κ3) is 3.61. The Kier molecular flexibility index (Phi) is 4.22. The summed E-state index contributed by atoms with van der Waals surface area (Å²) in [5.41, 5.74) is 0.946. The van der Waals surface area contributed by atoms with Gasteiger partial charge in [0.15, 0.2) is 0 Å². The topological polar surface area (TPSA) is 87.7 Å². The van der Waals surface area contributed by atoms with E-state index < -0.39 is 5.97 Å². The van der Waals surface area contributed by atoms with Gasteiger partial charge in [-0.1, -0.05) is 18.2 Å². The van der Waals surface area contributed by atoms with Gasteiger partial charge in [-0.3, -0.25) is 4.79 Å². The molecule has 2 rings (SSSR count). The number of amides is 2. The van der Waals surface area contributed by atoms with Crippen molar-refractivity contribution >= 4 is 12.0 Å². The normalized spacial score (nSPS) is 16.9. The number of hydrogen-bond acceptors (Lipinski definition) is 3. The highest BCUT2D eigenvalue weighted by atomic mass is 16.5. The average molecular weight is 264 g/mol. The first kappa shape index (κ1) is 13.2. The second-order valence-electron chi connectivity index (χ2n) is 4.27. The fraction of sp³-hybridized carbons (Fsp3) is 0.385. The van der Waals surface area contributed by atoms with Crippen molar-refractivity contribution in [3.05, 3.63) is 29.8 Å². The Labute approximate surface area is 110 Å². The van der Waals surface area contributed by atoms with Crippen molar-refractivity contribution in [2.45, 2.75) is 18.9 Å². The summed E-state index contributed by atoms with van der Waals surface area (Å²) in [5.74, 6) is -0.152. The molecule has 1 aromatic rings. The Balaban J connectivity index is 1.90. The first-order valence-corrected chi connectivity index (χ1v) is 6.14. The number of rotatable bonds is 4. The minimum absolute atomic E-state index is 0.0855. The van der Waals surface area contributed by atoms with E-state index in [9.17, 15) is 9.59 Å². The summed E-state index contributed by atoms with van der Waals surface area (Å²) in [6, 6.07) is 7.10. The molecular weight excluding hydrogens is 248 g/mol. The van der Waals surface area contributed by atoms with Crippen LogP contribution in [0.4, 0.5) is 4.79 Å². The smallest absolute Gasteiger partial charge is 0.315 e. The number of urea groups is 1. The number of aliphatic carboxylic acids is 1. The van der Waals surface area contributed by atoms with Gasteiger partial charge in [0.05, 0.1) is 19.1 Å². The zero-order valence-electron chi connectivity index (χ0n) is 10.4. The number of fused-ring (bicyclic) bond motifs is 1. The molecule has 0 saturated heterocycles. The summed E-state index contributed by atoms with van der Waals surface area (Å²) < 4.78 is 5.50. The summed E-state index contributed by atoms with van der Waals surface area (Å²) in [5, 5.41) is 13.8.